The fourth-order valence-electron chi connectivity index (χ4n) is 22.7. The van der Waals surface area contributed by atoms with Crippen molar-refractivity contribution >= 4 is 216 Å². The van der Waals surface area contributed by atoms with Gasteiger partial charge in [-0.25, -0.2) is 0 Å². The molecular formula is C120H80N4S. The summed E-state index contributed by atoms with van der Waals surface area (Å²) >= 11 is 1.89. The Kier molecular flexibility index (Phi) is 15.4. The maximum absolute atomic E-state index is 2.50. The first-order valence-electron chi connectivity index (χ1n) is 43.6. The van der Waals surface area contributed by atoms with Gasteiger partial charge in [0.2, 0.25) is 0 Å². The molecule has 586 valence electrons. The van der Waals surface area contributed by atoms with E-state index in [1.165, 1.54) is 249 Å². The number of hydrogen-bond acceptors (Lipinski definition) is 1. The van der Waals surface area contributed by atoms with Crippen LogP contribution in [0.2, 0.25) is 0 Å². The highest BCUT2D eigenvalue weighted by Gasteiger charge is 2.43. The van der Waals surface area contributed by atoms with Crippen LogP contribution in [0.5, 0.6) is 0 Å². The molecule has 1 aliphatic rings. The highest BCUT2D eigenvalue weighted by Crippen LogP contribution is 2.55. The van der Waals surface area contributed by atoms with Gasteiger partial charge in [0.05, 0.1) is 44.1 Å². The van der Waals surface area contributed by atoms with E-state index in [2.05, 4.69) is 458 Å². The van der Waals surface area contributed by atoms with Crippen LogP contribution in [0.4, 0.5) is 0 Å². The van der Waals surface area contributed by atoms with Crippen LogP contribution < -0.4 is 0 Å². The molecule has 0 radical (unpaired) electrons. The quantitative estimate of drug-likeness (QED) is 0.157. The van der Waals surface area contributed by atoms with Crippen LogP contribution in [0.1, 0.15) is 49.9 Å². The second-order valence-corrected chi connectivity index (χ2v) is 36.3. The summed E-state index contributed by atoms with van der Waals surface area (Å²) < 4.78 is 12.6. The third-order valence-corrected chi connectivity index (χ3v) is 29.2. The Bertz CT molecular complexity index is 9220. The fourth-order valence-corrected chi connectivity index (χ4v) is 23.8. The van der Waals surface area contributed by atoms with Gasteiger partial charge in [-0.2, -0.15) is 0 Å². The van der Waals surface area contributed by atoms with E-state index in [0.29, 0.717) is 0 Å². The van der Waals surface area contributed by atoms with Crippen LogP contribution in [0.3, 0.4) is 0 Å². The molecule has 5 heteroatoms. The summed E-state index contributed by atoms with van der Waals surface area (Å²) in [5, 5.41) is 36.6. The maximum atomic E-state index is 2.50. The average Bonchev–Trinajstić information content (AvgIpc) is 1.67. The second kappa shape index (κ2) is 27.0. The van der Waals surface area contributed by atoms with E-state index in [9.17, 15) is 0 Å². The summed E-state index contributed by atoms with van der Waals surface area (Å²) in [7, 11) is 0. The predicted octanol–water partition coefficient (Wildman–Crippen LogP) is 33.2. The van der Waals surface area contributed by atoms with Crippen LogP contribution >= 0.6 is 11.3 Å². The van der Waals surface area contributed by atoms with Gasteiger partial charge in [0, 0.05) is 96.8 Å². The molecule has 0 saturated heterocycles. The lowest BCUT2D eigenvalue weighted by molar-refractivity contribution is 0.525. The van der Waals surface area contributed by atoms with Crippen molar-refractivity contribution in [2.75, 3.05) is 0 Å². The van der Waals surface area contributed by atoms with Gasteiger partial charge >= 0.3 is 0 Å². The molecule has 0 aliphatic heterocycles. The molecule has 22 aromatic carbocycles. The Labute approximate surface area is 724 Å². The van der Waals surface area contributed by atoms with E-state index in [1.807, 2.05) is 11.3 Å². The Morgan fingerprint density at radius 3 is 0.920 bits per heavy atom. The Morgan fingerprint density at radius 2 is 0.472 bits per heavy atom. The van der Waals surface area contributed by atoms with Gasteiger partial charge in [-0.1, -0.05) is 337 Å². The molecule has 5 heterocycles. The summed E-state index contributed by atoms with van der Waals surface area (Å²) in [5.41, 5.74) is 20.2. The standard InChI is InChI=1S/C42H26N2.C42H33N.C36H21NS/c1-2-12-27(13-3-1)44-38-20-10-8-18-34(38)35-24-25-40-41(42(35)44)36-19-9-11-21-39(36)43(40)28-22-23-33-31-16-5-4-14-29(31)30-15-6-7-17-32(30)37(33)26-28;1-41(2)34-18-10-11-19-35(34)42(3,4)40-36(41)23-24-38-39(40)32-17-9-12-20-37(32)43(38)26-21-22-31-29-15-6-5-13-27(29)28-14-7-8-16-30(28)33(31)25-26;1-2-11-25-23(9-1)24-10-3-4-12-26(24)30-21-22(17-18-27(25)30)37-31-15-7-5-13-28(31)35-32(37)19-20-34-36(35)29-14-6-8-16-33(29)38-34/h1-26H;5-25H,1-4H3;1-21H. The van der Waals surface area contributed by atoms with E-state index in [0.717, 1.165) is 0 Å². The van der Waals surface area contributed by atoms with E-state index < -0.39 is 0 Å². The molecule has 0 atom stereocenters. The predicted molar refractivity (Wildman–Crippen MR) is 538 cm³/mol. The zero-order valence-corrected chi connectivity index (χ0v) is 70.3. The van der Waals surface area contributed by atoms with E-state index in [4.69, 9.17) is 0 Å². The molecule has 27 aromatic rings. The van der Waals surface area contributed by atoms with Crippen molar-refractivity contribution in [3.63, 3.8) is 0 Å². The van der Waals surface area contributed by atoms with Crippen LogP contribution in [-0.2, 0) is 10.8 Å². The summed E-state index contributed by atoms with van der Waals surface area (Å²) in [5.74, 6) is 0. The number of aromatic nitrogens is 4. The van der Waals surface area contributed by atoms with E-state index in [1.54, 1.807) is 0 Å². The molecule has 5 aromatic heterocycles. The van der Waals surface area contributed by atoms with Gasteiger partial charge in [-0.15, -0.1) is 11.3 Å². The van der Waals surface area contributed by atoms with Gasteiger partial charge in [0.25, 0.3) is 0 Å². The minimum atomic E-state index is -0.131. The van der Waals surface area contributed by atoms with Crippen molar-refractivity contribution in [2.24, 2.45) is 0 Å². The van der Waals surface area contributed by atoms with Gasteiger partial charge in [-0.05, 0) is 222 Å². The van der Waals surface area contributed by atoms with Crippen LogP contribution in [-0.4, -0.2) is 18.3 Å². The largest absolute Gasteiger partial charge is 0.309 e. The van der Waals surface area contributed by atoms with Crippen molar-refractivity contribution in [3.8, 4) is 22.7 Å². The SMILES string of the molecule is CC1(C)c2ccccc2C(C)(C)c2c1ccc1c2c2ccccc2n1-c1ccc2c3ccccc3c3ccccc3c2c1.c1ccc(-n2c3ccccc3c3ccc4c(c5ccccc5n4-c4ccc5c6ccccc6c6ccccc6c5c4)c32)cc1.c1ccc2c(c1)sc1ccc3c(c4ccccc4n3-c3ccc4c5ccccc5c5ccccc5c4c3)c12. The van der Waals surface area contributed by atoms with Crippen molar-refractivity contribution in [2.45, 2.75) is 38.5 Å². The Hall–Kier alpha value is -15.4. The second-order valence-electron chi connectivity index (χ2n) is 35.2. The van der Waals surface area contributed by atoms with Crippen LogP contribution in [0, 0.1) is 0 Å². The van der Waals surface area contributed by atoms with Crippen molar-refractivity contribution in [1.29, 1.82) is 0 Å². The molecule has 28 rings (SSSR count). The third kappa shape index (κ3) is 10.3. The molecule has 0 N–H and O–H groups in total. The van der Waals surface area contributed by atoms with Gasteiger partial charge in [0.1, 0.15) is 0 Å². The lowest BCUT2D eigenvalue weighted by Crippen LogP contribution is -2.36. The smallest absolute Gasteiger partial charge is 0.0641 e. The van der Waals surface area contributed by atoms with Gasteiger partial charge in [-0.3, -0.25) is 0 Å². The first-order valence-corrected chi connectivity index (χ1v) is 44.4. The molecule has 0 amide bonds. The number of benzene rings is 22. The minimum absolute atomic E-state index is 0.0816. The maximum Gasteiger partial charge on any atom is 0.0641 e. The monoisotopic (exact) mass is 1610 g/mol. The van der Waals surface area contributed by atoms with Gasteiger partial charge in [0.15, 0.2) is 0 Å². The minimum Gasteiger partial charge on any atom is -0.309 e. The molecule has 0 saturated carbocycles. The molecule has 0 spiro atoms. The summed E-state index contributed by atoms with van der Waals surface area (Å²) in [6, 6.07) is 152. The van der Waals surface area contributed by atoms with Crippen molar-refractivity contribution in [1.82, 2.24) is 18.3 Å². The van der Waals surface area contributed by atoms with E-state index in [-0.39, 0.29) is 10.8 Å². The third-order valence-electron chi connectivity index (χ3n) is 28.0. The number of para-hydroxylation sites is 5. The normalized spacial score (nSPS) is 13.2. The average molecular weight is 1610 g/mol. The zero-order valence-electron chi connectivity index (χ0n) is 69.5. The first kappa shape index (κ1) is 71.3. The molecule has 1 aliphatic carbocycles. The molecule has 0 fully saturated rings. The lowest BCUT2D eigenvalue weighted by Gasteiger charge is -2.44. The van der Waals surface area contributed by atoms with Crippen molar-refractivity contribution < 1.29 is 0 Å². The zero-order chi connectivity index (χ0) is 82.7. The molecule has 4 nitrogen and oxygen atoms in total. The number of fused-ring (bicyclic) bond motifs is 38. The topological polar surface area (TPSA) is 19.7 Å². The molecule has 125 heavy (non-hydrogen) atoms. The number of nitrogens with zero attached hydrogens (tertiary/aromatic N) is 4. The number of thiophene rings is 1. The van der Waals surface area contributed by atoms with Crippen molar-refractivity contribution in [3.05, 3.63) is 435 Å². The highest BCUT2D eigenvalue weighted by molar-refractivity contribution is 7.26. The summed E-state index contributed by atoms with van der Waals surface area (Å²) in [6.07, 6.45) is 0. The fraction of sp³-hybridized carbons (Fsp3) is 0.0500. The van der Waals surface area contributed by atoms with E-state index >= 15 is 0 Å². The van der Waals surface area contributed by atoms with Crippen LogP contribution in [0.15, 0.2) is 413 Å². The molecule has 0 unspecified atom stereocenters. The number of rotatable bonds is 4. The van der Waals surface area contributed by atoms with Crippen LogP contribution in [0.25, 0.3) is 227 Å². The highest BCUT2D eigenvalue weighted by atomic mass is 32.1. The molecular weight excluding hydrogens is 1530 g/mol. The summed E-state index contributed by atoms with van der Waals surface area (Å²) in [6.45, 7) is 9.62. The Balaban J connectivity index is 0.000000100. The lowest BCUT2D eigenvalue weighted by atomic mass is 9.59. The first-order chi connectivity index (χ1) is 61.6. The van der Waals surface area contributed by atoms with Gasteiger partial charge < -0.3 is 18.3 Å². The number of hydrogen-bond donors (Lipinski definition) is 0. The summed E-state index contributed by atoms with van der Waals surface area (Å²) in [4.78, 5) is 0. The molecule has 0 bridgehead atoms. The Morgan fingerprint density at radius 1 is 0.168 bits per heavy atom.